The van der Waals surface area contributed by atoms with Crippen LogP contribution < -0.4 is 10.9 Å². The molecule has 0 aliphatic heterocycles. The largest absolute Gasteiger partial charge is 0.385 e. The highest BCUT2D eigenvalue weighted by atomic mass is 16.1. The van der Waals surface area contributed by atoms with Gasteiger partial charge >= 0.3 is 0 Å². The second-order valence-corrected chi connectivity index (χ2v) is 5.64. The Hall–Kier alpha value is -2.36. The average Bonchev–Trinajstić information content (AvgIpc) is 2.54. The molecule has 1 heterocycles. The topological polar surface area (TPSA) is 57.8 Å². The van der Waals surface area contributed by atoms with Gasteiger partial charge in [0.15, 0.2) is 0 Å². The zero-order valence-corrected chi connectivity index (χ0v) is 13.2. The number of nitrogens with one attached hydrogen (secondary N) is 2. The van der Waals surface area contributed by atoms with Crippen LogP contribution >= 0.6 is 0 Å². The van der Waals surface area contributed by atoms with Crippen LogP contribution in [0.4, 0.5) is 0 Å². The van der Waals surface area contributed by atoms with Crippen molar-refractivity contribution in [1.82, 2.24) is 15.5 Å². The van der Waals surface area contributed by atoms with Crippen LogP contribution in [0.2, 0.25) is 0 Å². The Kier molecular flexibility index (Phi) is 5.53. The van der Waals surface area contributed by atoms with Crippen LogP contribution in [-0.4, -0.2) is 16.7 Å². The third-order valence-electron chi connectivity index (χ3n) is 3.65. The molecule has 22 heavy (non-hydrogen) atoms. The van der Waals surface area contributed by atoms with E-state index in [0.717, 1.165) is 29.1 Å². The predicted molar refractivity (Wildman–Crippen MR) is 91.4 cm³/mol. The number of nitrogens with zero attached hydrogens (tertiary/aromatic N) is 1. The minimum absolute atomic E-state index is 0.195. The third-order valence-corrected chi connectivity index (χ3v) is 3.65. The molecule has 2 rings (SSSR count). The fraction of sp³-hybridized carbons (Fsp3) is 0.333. The van der Waals surface area contributed by atoms with Gasteiger partial charge in [-0.2, -0.15) is 5.10 Å². The quantitative estimate of drug-likeness (QED) is 0.823. The normalized spacial score (nSPS) is 11.9. The maximum absolute atomic E-state index is 11.0. The van der Waals surface area contributed by atoms with Crippen LogP contribution in [0.25, 0.3) is 17.0 Å². The lowest BCUT2D eigenvalue weighted by Gasteiger charge is -2.14. The molecule has 2 aromatic rings. The molecule has 1 atom stereocenters. The van der Waals surface area contributed by atoms with E-state index < -0.39 is 0 Å². The molecule has 0 amide bonds. The second-order valence-electron chi connectivity index (χ2n) is 5.64. The van der Waals surface area contributed by atoms with E-state index in [2.05, 4.69) is 35.9 Å². The van der Waals surface area contributed by atoms with Crippen molar-refractivity contribution in [3.63, 3.8) is 0 Å². The lowest BCUT2D eigenvalue weighted by molar-refractivity contribution is 0.511. The Bertz CT molecular complexity index is 653. The standard InChI is InChI=1S/C18H23N3O/c1-4-5-13(2)12-19-14(3)15-6-8-16(9-7-15)17-10-11-18(22)21-20-17/h6-11,13,19H,3-5,12H2,1-2H3,(H,21,22). The number of benzene rings is 1. The predicted octanol–water partition coefficient (Wildman–Crippen LogP) is 3.43. The number of H-pyrrole nitrogens is 1. The highest BCUT2D eigenvalue weighted by Gasteiger charge is 2.04. The summed E-state index contributed by atoms with van der Waals surface area (Å²) in [6, 6.07) is 11.2. The molecule has 0 fully saturated rings. The fourth-order valence-corrected chi connectivity index (χ4v) is 2.34. The summed E-state index contributed by atoms with van der Waals surface area (Å²) in [6.45, 7) is 9.49. The van der Waals surface area contributed by atoms with Crippen LogP contribution in [0.15, 0.2) is 47.8 Å². The smallest absolute Gasteiger partial charge is 0.264 e. The van der Waals surface area contributed by atoms with E-state index >= 15 is 0 Å². The Morgan fingerprint density at radius 2 is 2.00 bits per heavy atom. The number of hydrogen-bond acceptors (Lipinski definition) is 3. The minimum Gasteiger partial charge on any atom is -0.385 e. The summed E-state index contributed by atoms with van der Waals surface area (Å²) < 4.78 is 0. The highest BCUT2D eigenvalue weighted by Crippen LogP contribution is 2.18. The lowest BCUT2D eigenvalue weighted by atomic mass is 10.0. The first-order valence-electron chi connectivity index (χ1n) is 7.69. The zero-order valence-electron chi connectivity index (χ0n) is 13.2. The molecule has 4 heteroatoms. The first kappa shape index (κ1) is 16.0. The van der Waals surface area contributed by atoms with Gasteiger partial charge in [-0.05, 0) is 24.0 Å². The van der Waals surface area contributed by atoms with E-state index in [1.54, 1.807) is 6.07 Å². The van der Waals surface area contributed by atoms with Crippen molar-refractivity contribution in [2.75, 3.05) is 6.54 Å². The van der Waals surface area contributed by atoms with Crippen LogP contribution in [0.5, 0.6) is 0 Å². The molecule has 0 aliphatic rings. The van der Waals surface area contributed by atoms with Gasteiger partial charge < -0.3 is 5.32 Å². The van der Waals surface area contributed by atoms with E-state index in [4.69, 9.17) is 0 Å². The molecule has 4 nitrogen and oxygen atoms in total. The van der Waals surface area contributed by atoms with E-state index in [1.807, 2.05) is 24.3 Å². The molecule has 0 aliphatic carbocycles. The van der Waals surface area contributed by atoms with Gasteiger partial charge in [-0.25, -0.2) is 5.10 Å². The van der Waals surface area contributed by atoms with Crippen molar-refractivity contribution in [3.8, 4) is 11.3 Å². The Labute approximate surface area is 131 Å². The summed E-state index contributed by atoms with van der Waals surface area (Å²) in [5.41, 5.74) is 3.52. The zero-order chi connectivity index (χ0) is 15.9. The van der Waals surface area contributed by atoms with E-state index in [9.17, 15) is 4.79 Å². The number of hydrogen-bond donors (Lipinski definition) is 2. The summed E-state index contributed by atoms with van der Waals surface area (Å²) >= 11 is 0. The van der Waals surface area contributed by atoms with Gasteiger partial charge in [0.05, 0.1) is 5.69 Å². The van der Waals surface area contributed by atoms with Gasteiger partial charge in [0, 0.05) is 23.9 Å². The molecule has 0 saturated heterocycles. The van der Waals surface area contributed by atoms with Gasteiger partial charge in [-0.15, -0.1) is 0 Å². The lowest BCUT2D eigenvalue weighted by Crippen LogP contribution is -2.19. The van der Waals surface area contributed by atoms with Gasteiger partial charge in [0.2, 0.25) is 0 Å². The summed E-state index contributed by atoms with van der Waals surface area (Å²) in [6.07, 6.45) is 2.42. The van der Waals surface area contributed by atoms with Crippen molar-refractivity contribution in [2.45, 2.75) is 26.7 Å². The van der Waals surface area contributed by atoms with Crippen LogP contribution in [0.1, 0.15) is 32.3 Å². The van der Waals surface area contributed by atoms with Crippen molar-refractivity contribution < 1.29 is 0 Å². The average molecular weight is 297 g/mol. The summed E-state index contributed by atoms with van der Waals surface area (Å²) in [4.78, 5) is 11.0. The van der Waals surface area contributed by atoms with Gasteiger partial charge in [-0.3, -0.25) is 4.79 Å². The fourth-order valence-electron chi connectivity index (χ4n) is 2.34. The van der Waals surface area contributed by atoms with Crippen molar-refractivity contribution >= 4 is 5.70 Å². The molecule has 1 unspecified atom stereocenters. The first-order valence-corrected chi connectivity index (χ1v) is 7.69. The van der Waals surface area contributed by atoms with Crippen molar-refractivity contribution in [2.24, 2.45) is 5.92 Å². The van der Waals surface area contributed by atoms with E-state index in [-0.39, 0.29) is 5.56 Å². The number of aromatic nitrogens is 2. The molecule has 0 radical (unpaired) electrons. The van der Waals surface area contributed by atoms with E-state index in [1.165, 1.54) is 18.9 Å². The number of rotatable bonds is 7. The molecular weight excluding hydrogens is 274 g/mol. The Balaban J connectivity index is 2.00. The molecule has 0 saturated carbocycles. The van der Waals surface area contributed by atoms with Gasteiger partial charge in [0.25, 0.3) is 5.56 Å². The Morgan fingerprint density at radius 1 is 1.27 bits per heavy atom. The second kappa shape index (κ2) is 7.59. The monoisotopic (exact) mass is 297 g/mol. The highest BCUT2D eigenvalue weighted by molar-refractivity contribution is 5.66. The number of aromatic amines is 1. The molecule has 0 spiro atoms. The molecule has 1 aromatic heterocycles. The SMILES string of the molecule is C=C(NCC(C)CCC)c1ccc(-c2ccc(=O)[nH]n2)cc1. The van der Waals surface area contributed by atoms with Crippen molar-refractivity contribution in [1.29, 1.82) is 0 Å². The maximum Gasteiger partial charge on any atom is 0.264 e. The maximum atomic E-state index is 11.0. The molecule has 2 N–H and O–H groups in total. The Morgan fingerprint density at radius 3 is 2.59 bits per heavy atom. The molecule has 0 bridgehead atoms. The van der Waals surface area contributed by atoms with Gasteiger partial charge in [0.1, 0.15) is 0 Å². The molecular formula is C18H23N3O. The first-order chi connectivity index (χ1) is 10.6. The van der Waals surface area contributed by atoms with Crippen LogP contribution in [0.3, 0.4) is 0 Å². The molecule has 1 aromatic carbocycles. The summed E-state index contributed by atoms with van der Waals surface area (Å²) in [5, 5.41) is 9.87. The van der Waals surface area contributed by atoms with Gasteiger partial charge in [-0.1, -0.05) is 51.1 Å². The molecule has 116 valence electrons. The van der Waals surface area contributed by atoms with Crippen LogP contribution in [-0.2, 0) is 0 Å². The summed E-state index contributed by atoms with van der Waals surface area (Å²) in [5.74, 6) is 0.645. The van der Waals surface area contributed by atoms with Crippen molar-refractivity contribution in [3.05, 3.63) is 58.9 Å². The van der Waals surface area contributed by atoms with Crippen LogP contribution in [0, 0.1) is 5.92 Å². The third kappa shape index (κ3) is 4.32. The minimum atomic E-state index is -0.195. The summed E-state index contributed by atoms with van der Waals surface area (Å²) in [7, 11) is 0. The van der Waals surface area contributed by atoms with E-state index in [0.29, 0.717) is 5.92 Å².